The van der Waals surface area contributed by atoms with Crippen LogP contribution in [0.2, 0.25) is 5.02 Å². The number of rotatable bonds is 3. The number of benzene rings is 2. The summed E-state index contributed by atoms with van der Waals surface area (Å²) in [6, 6.07) is 18.1. The molecule has 0 radical (unpaired) electrons. The second kappa shape index (κ2) is 6.33. The van der Waals surface area contributed by atoms with Gasteiger partial charge < -0.3 is 5.32 Å². The Bertz CT molecular complexity index is 1060. The summed E-state index contributed by atoms with van der Waals surface area (Å²) in [4.78, 5) is 12.3. The molecule has 2 aromatic carbocycles. The van der Waals surface area contributed by atoms with Gasteiger partial charge in [0.25, 0.3) is 5.91 Å². The number of hydrogen-bond donors (Lipinski definition) is 1. The van der Waals surface area contributed by atoms with Crippen LogP contribution in [0.3, 0.4) is 0 Å². The zero-order valence-electron chi connectivity index (χ0n) is 12.9. The second-order valence-corrected chi connectivity index (χ2v) is 5.77. The molecule has 1 amide bonds. The van der Waals surface area contributed by atoms with E-state index in [9.17, 15) is 4.79 Å². The summed E-state index contributed by atoms with van der Waals surface area (Å²) < 4.78 is 1.61. The van der Waals surface area contributed by atoms with Crippen molar-refractivity contribution in [2.45, 2.75) is 0 Å². The van der Waals surface area contributed by atoms with E-state index in [4.69, 9.17) is 11.6 Å². The zero-order valence-corrected chi connectivity index (χ0v) is 13.7. The minimum atomic E-state index is -0.248. The van der Waals surface area contributed by atoms with Crippen molar-refractivity contribution in [2.75, 3.05) is 5.32 Å². The minimum Gasteiger partial charge on any atom is -0.322 e. The van der Waals surface area contributed by atoms with E-state index < -0.39 is 0 Å². The predicted molar refractivity (Wildman–Crippen MR) is 95.6 cm³/mol. The van der Waals surface area contributed by atoms with Gasteiger partial charge >= 0.3 is 0 Å². The molecule has 2 aromatic heterocycles. The topological polar surface area (TPSA) is 72.2 Å². The standard InChI is InChI=1S/C18H12ClN5O/c19-15-4-2-1-3-14(15)18(25)21-13-7-5-12(6-8-13)16-9-10-17-22-20-11-24(17)23-16/h1-11H,(H,21,25). The lowest BCUT2D eigenvalue weighted by Crippen LogP contribution is -2.12. The van der Waals surface area contributed by atoms with Crippen LogP contribution in [0.25, 0.3) is 16.9 Å². The number of halogens is 1. The molecule has 4 aromatic rings. The second-order valence-electron chi connectivity index (χ2n) is 5.36. The van der Waals surface area contributed by atoms with Crippen LogP contribution in [0.15, 0.2) is 67.0 Å². The fraction of sp³-hybridized carbons (Fsp3) is 0. The largest absolute Gasteiger partial charge is 0.322 e. The number of anilines is 1. The third kappa shape index (κ3) is 3.07. The molecule has 4 rings (SSSR count). The van der Waals surface area contributed by atoms with Gasteiger partial charge in [-0.25, -0.2) is 0 Å². The van der Waals surface area contributed by atoms with Gasteiger partial charge in [0, 0.05) is 11.3 Å². The quantitative estimate of drug-likeness (QED) is 0.612. The molecule has 0 bridgehead atoms. The number of amides is 1. The van der Waals surface area contributed by atoms with Crippen molar-refractivity contribution >= 4 is 28.8 Å². The van der Waals surface area contributed by atoms with Crippen LogP contribution >= 0.6 is 11.6 Å². The van der Waals surface area contributed by atoms with E-state index in [-0.39, 0.29) is 5.91 Å². The minimum absolute atomic E-state index is 0.248. The summed E-state index contributed by atoms with van der Waals surface area (Å²) in [5.74, 6) is -0.248. The highest BCUT2D eigenvalue weighted by Gasteiger charge is 2.10. The Morgan fingerprint density at radius 2 is 1.80 bits per heavy atom. The van der Waals surface area contributed by atoms with Crippen LogP contribution in [-0.4, -0.2) is 25.7 Å². The Morgan fingerprint density at radius 3 is 2.60 bits per heavy atom. The van der Waals surface area contributed by atoms with Crippen LogP contribution in [-0.2, 0) is 0 Å². The number of nitrogens with zero attached hydrogens (tertiary/aromatic N) is 4. The van der Waals surface area contributed by atoms with E-state index in [0.29, 0.717) is 21.9 Å². The van der Waals surface area contributed by atoms with E-state index in [1.54, 1.807) is 35.1 Å². The Labute approximate surface area is 148 Å². The van der Waals surface area contributed by atoms with Gasteiger partial charge in [0.1, 0.15) is 6.33 Å². The molecule has 0 unspecified atom stereocenters. The molecule has 122 valence electrons. The van der Waals surface area contributed by atoms with E-state index >= 15 is 0 Å². The number of aromatic nitrogens is 4. The van der Waals surface area contributed by atoms with Gasteiger partial charge in [-0.15, -0.1) is 10.2 Å². The van der Waals surface area contributed by atoms with E-state index in [2.05, 4.69) is 20.6 Å². The highest BCUT2D eigenvalue weighted by Crippen LogP contribution is 2.21. The van der Waals surface area contributed by atoms with E-state index in [0.717, 1.165) is 11.3 Å². The van der Waals surface area contributed by atoms with E-state index in [1.165, 1.54) is 0 Å². The fourth-order valence-electron chi connectivity index (χ4n) is 2.45. The molecular formula is C18H12ClN5O. The lowest BCUT2D eigenvalue weighted by Gasteiger charge is -2.08. The lowest BCUT2D eigenvalue weighted by atomic mass is 10.1. The molecule has 7 heteroatoms. The van der Waals surface area contributed by atoms with Crippen molar-refractivity contribution in [3.05, 3.63) is 77.6 Å². The fourth-order valence-corrected chi connectivity index (χ4v) is 2.67. The first-order valence-corrected chi connectivity index (χ1v) is 7.92. The van der Waals surface area contributed by atoms with Crippen molar-refractivity contribution in [2.24, 2.45) is 0 Å². The van der Waals surface area contributed by atoms with Crippen molar-refractivity contribution in [1.29, 1.82) is 0 Å². The van der Waals surface area contributed by atoms with Crippen LogP contribution in [0.1, 0.15) is 10.4 Å². The van der Waals surface area contributed by atoms with Gasteiger partial charge in [-0.3, -0.25) is 4.79 Å². The van der Waals surface area contributed by atoms with Crippen LogP contribution < -0.4 is 5.32 Å². The number of nitrogens with one attached hydrogen (secondary N) is 1. The highest BCUT2D eigenvalue weighted by molar-refractivity contribution is 6.34. The molecule has 0 saturated carbocycles. The average Bonchev–Trinajstić information content (AvgIpc) is 3.10. The van der Waals surface area contributed by atoms with Crippen molar-refractivity contribution < 1.29 is 4.79 Å². The van der Waals surface area contributed by atoms with Crippen LogP contribution in [0, 0.1) is 0 Å². The number of carbonyl (C=O) groups excluding carboxylic acids is 1. The van der Waals surface area contributed by atoms with Crippen molar-refractivity contribution in [1.82, 2.24) is 19.8 Å². The molecule has 0 fully saturated rings. The van der Waals surface area contributed by atoms with Gasteiger partial charge in [-0.2, -0.15) is 9.61 Å². The summed E-state index contributed by atoms with van der Waals surface area (Å²) in [7, 11) is 0. The van der Waals surface area contributed by atoms with Gasteiger partial charge in [0.2, 0.25) is 0 Å². The van der Waals surface area contributed by atoms with Gasteiger partial charge in [0.15, 0.2) is 5.65 Å². The third-order valence-corrected chi connectivity index (χ3v) is 4.05. The summed E-state index contributed by atoms with van der Waals surface area (Å²) in [5.41, 5.74) is 3.52. The monoisotopic (exact) mass is 349 g/mol. The molecule has 25 heavy (non-hydrogen) atoms. The first-order valence-electron chi connectivity index (χ1n) is 7.54. The molecule has 1 N–H and O–H groups in total. The molecule has 2 heterocycles. The summed E-state index contributed by atoms with van der Waals surface area (Å²) in [6.45, 7) is 0. The summed E-state index contributed by atoms with van der Waals surface area (Å²) in [5, 5.41) is 15.4. The Hall–Kier alpha value is -3.25. The van der Waals surface area contributed by atoms with Crippen LogP contribution in [0.4, 0.5) is 5.69 Å². The smallest absolute Gasteiger partial charge is 0.257 e. The highest BCUT2D eigenvalue weighted by atomic mass is 35.5. The Balaban J connectivity index is 1.55. The number of fused-ring (bicyclic) bond motifs is 1. The van der Waals surface area contributed by atoms with Gasteiger partial charge in [-0.05, 0) is 36.4 Å². The average molecular weight is 350 g/mol. The molecule has 6 nitrogen and oxygen atoms in total. The zero-order chi connectivity index (χ0) is 17.2. The van der Waals surface area contributed by atoms with Gasteiger partial charge in [-0.1, -0.05) is 35.9 Å². The lowest BCUT2D eigenvalue weighted by molar-refractivity contribution is 0.102. The van der Waals surface area contributed by atoms with Gasteiger partial charge in [0.05, 0.1) is 16.3 Å². The molecule has 0 aliphatic heterocycles. The summed E-state index contributed by atoms with van der Waals surface area (Å²) in [6.07, 6.45) is 1.55. The third-order valence-electron chi connectivity index (χ3n) is 3.72. The molecule has 0 aliphatic rings. The SMILES string of the molecule is O=C(Nc1ccc(-c2ccc3nncn3n2)cc1)c1ccccc1Cl. The molecule has 0 aliphatic carbocycles. The predicted octanol–water partition coefficient (Wildman–Crippen LogP) is 3.70. The summed E-state index contributed by atoms with van der Waals surface area (Å²) >= 11 is 6.05. The molecule has 0 atom stereocenters. The van der Waals surface area contributed by atoms with Crippen LogP contribution in [0.5, 0.6) is 0 Å². The van der Waals surface area contributed by atoms with Crippen molar-refractivity contribution in [3.63, 3.8) is 0 Å². The maximum atomic E-state index is 12.3. The Morgan fingerprint density at radius 1 is 1.00 bits per heavy atom. The maximum absolute atomic E-state index is 12.3. The molecular weight excluding hydrogens is 338 g/mol. The first-order chi connectivity index (χ1) is 12.2. The maximum Gasteiger partial charge on any atom is 0.257 e. The first kappa shape index (κ1) is 15.3. The number of carbonyl (C=O) groups is 1. The Kier molecular flexibility index (Phi) is 3.87. The number of hydrogen-bond acceptors (Lipinski definition) is 4. The normalized spacial score (nSPS) is 10.8. The van der Waals surface area contributed by atoms with Crippen molar-refractivity contribution in [3.8, 4) is 11.3 Å². The van der Waals surface area contributed by atoms with E-state index in [1.807, 2.05) is 36.4 Å². The molecule has 0 saturated heterocycles. The molecule has 0 spiro atoms.